The van der Waals surface area contributed by atoms with Crippen LogP contribution in [0, 0.1) is 17.0 Å². The summed E-state index contributed by atoms with van der Waals surface area (Å²) in [5, 5.41) is 33.6. The van der Waals surface area contributed by atoms with Crippen LogP contribution in [0.25, 0.3) is 0 Å². The second-order valence-corrected chi connectivity index (χ2v) is 4.88. The van der Waals surface area contributed by atoms with E-state index >= 15 is 0 Å². The van der Waals surface area contributed by atoms with E-state index in [0.717, 1.165) is 18.2 Å². The average molecular weight is 275 g/mol. The summed E-state index contributed by atoms with van der Waals surface area (Å²) in [5.41, 5.74) is 0.355. The lowest BCUT2D eigenvalue weighted by atomic mass is 10.4. The largest absolute Gasteiger partial charge is 0.394 e. The summed E-state index contributed by atoms with van der Waals surface area (Å²) in [5.74, 6) is 0.201. The summed E-state index contributed by atoms with van der Waals surface area (Å²) in [7, 11) is 0. The Bertz CT molecular complexity index is 422. The lowest BCUT2D eigenvalue weighted by Crippen LogP contribution is -2.15. The first-order valence-corrected chi connectivity index (χ1v) is 6.63. The van der Waals surface area contributed by atoms with Crippen LogP contribution in [0.15, 0.2) is 5.03 Å². The molecule has 0 aromatic carbocycles. The first-order chi connectivity index (χ1) is 8.51. The van der Waals surface area contributed by atoms with Crippen molar-refractivity contribution >= 4 is 17.4 Å². The summed E-state index contributed by atoms with van der Waals surface area (Å²) in [4.78, 5) is 10.5. The van der Waals surface area contributed by atoms with Crippen LogP contribution in [-0.4, -0.2) is 43.4 Å². The van der Waals surface area contributed by atoms with Crippen molar-refractivity contribution in [2.24, 2.45) is 0 Å². The van der Waals surface area contributed by atoms with Gasteiger partial charge in [0.25, 0.3) is 0 Å². The minimum absolute atomic E-state index is 0.0152. The van der Waals surface area contributed by atoms with Crippen LogP contribution in [0.4, 0.5) is 5.69 Å². The third-order valence-electron chi connectivity index (χ3n) is 2.29. The molecule has 0 saturated heterocycles. The predicted octanol–water partition coefficient (Wildman–Crippen LogP) is 0.955. The van der Waals surface area contributed by atoms with Gasteiger partial charge in [-0.3, -0.25) is 14.8 Å². The fourth-order valence-corrected chi connectivity index (χ4v) is 2.59. The quantitative estimate of drug-likeness (QED) is 0.436. The van der Waals surface area contributed by atoms with Gasteiger partial charge in [0.2, 0.25) is 0 Å². The molecule has 0 aliphatic rings. The maximum atomic E-state index is 11.0. The third-order valence-corrected chi connectivity index (χ3v) is 3.52. The van der Waals surface area contributed by atoms with Crippen molar-refractivity contribution in [2.45, 2.75) is 37.9 Å². The molecule has 0 amide bonds. The Balaban J connectivity index is 3.00. The first kappa shape index (κ1) is 14.9. The van der Waals surface area contributed by atoms with Crippen molar-refractivity contribution in [3.8, 4) is 0 Å². The van der Waals surface area contributed by atoms with E-state index in [1.165, 1.54) is 0 Å². The second-order valence-electron chi connectivity index (χ2n) is 3.87. The van der Waals surface area contributed by atoms with Crippen LogP contribution < -0.4 is 0 Å². The Morgan fingerprint density at radius 1 is 1.61 bits per heavy atom. The van der Waals surface area contributed by atoms with Gasteiger partial charge in [-0.05, 0) is 13.3 Å². The molecular weight excluding hydrogens is 258 g/mol. The second kappa shape index (κ2) is 6.72. The molecule has 8 heteroatoms. The van der Waals surface area contributed by atoms with Gasteiger partial charge in [-0.2, -0.15) is 5.10 Å². The molecule has 7 nitrogen and oxygen atoms in total. The molecular formula is C10H17N3O4S. The van der Waals surface area contributed by atoms with Gasteiger partial charge in [0.15, 0.2) is 5.03 Å². The van der Waals surface area contributed by atoms with E-state index in [1.54, 1.807) is 11.6 Å². The number of rotatable bonds is 7. The maximum absolute atomic E-state index is 11.0. The monoisotopic (exact) mass is 275 g/mol. The number of aryl methyl sites for hydroxylation is 2. The number of nitrogens with zero attached hydrogens (tertiary/aromatic N) is 3. The number of aliphatic hydroxyl groups is 2. The van der Waals surface area contributed by atoms with Crippen LogP contribution in [0.3, 0.4) is 0 Å². The average Bonchev–Trinajstić information content (AvgIpc) is 2.62. The summed E-state index contributed by atoms with van der Waals surface area (Å²) in [6, 6.07) is 0. The Hall–Kier alpha value is -1.12. The van der Waals surface area contributed by atoms with E-state index in [2.05, 4.69) is 5.10 Å². The summed E-state index contributed by atoms with van der Waals surface area (Å²) in [6.07, 6.45) is -0.0751. The Morgan fingerprint density at radius 3 is 2.78 bits per heavy atom. The Morgan fingerprint density at radius 2 is 2.28 bits per heavy atom. The van der Waals surface area contributed by atoms with Gasteiger partial charge < -0.3 is 10.2 Å². The number of thioether (sulfide) groups is 1. The third kappa shape index (κ3) is 3.44. The molecule has 102 valence electrons. The minimum atomic E-state index is -0.889. The van der Waals surface area contributed by atoms with Gasteiger partial charge in [-0.25, -0.2) is 0 Å². The summed E-state index contributed by atoms with van der Waals surface area (Å²) in [6.45, 7) is 3.78. The maximum Gasteiger partial charge on any atom is 0.323 e. The van der Waals surface area contributed by atoms with Gasteiger partial charge in [0.1, 0.15) is 5.69 Å². The zero-order valence-corrected chi connectivity index (χ0v) is 11.2. The molecule has 2 N–H and O–H groups in total. The molecule has 0 bridgehead atoms. The molecule has 18 heavy (non-hydrogen) atoms. The van der Waals surface area contributed by atoms with Crippen LogP contribution in [0.2, 0.25) is 0 Å². The van der Waals surface area contributed by atoms with E-state index < -0.39 is 11.0 Å². The van der Waals surface area contributed by atoms with Gasteiger partial charge in [-0.1, -0.05) is 18.7 Å². The van der Waals surface area contributed by atoms with Crippen molar-refractivity contribution in [1.29, 1.82) is 0 Å². The lowest BCUT2D eigenvalue weighted by Gasteiger charge is -2.07. The van der Waals surface area contributed by atoms with Gasteiger partial charge >= 0.3 is 5.69 Å². The topological polar surface area (TPSA) is 101 Å². The van der Waals surface area contributed by atoms with Crippen molar-refractivity contribution < 1.29 is 15.1 Å². The number of aliphatic hydroxyl groups excluding tert-OH is 2. The fraction of sp³-hybridized carbons (Fsp3) is 0.700. The Labute approximate surface area is 109 Å². The molecule has 1 atom stereocenters. The molecule has 1 unspecified atom stereocenters. The van der Waals surface area contributed by atoms with E-state index in [1.807, 2.05) is 6.92 Å². The van der Waals surface area contributed by atoms with Crippen molar-refractivity contribution in [3.05, 3.63) is 15.8 Å². The molecule has 0 aliphatic carbocycles. The number of aromatic nitrogens is 2. The highest BCUT2D eigenvalue weighted by Crippen LogP contribution is 2.32. The summed E-state index contributed by atoms with van der Waals surface area (Å²) < 4.78 is 1.59. The van der Waals surface area contributed by atoms with Crippen LogP contribution in [0.5, 0.6) is 0 Å². The van der Waals surface area contributed by atoms with Crippen molar-refractivity contribution in [2.75, 3.05) is 12.4 Å². The molecule has 1 aromatic rings. The van der Waals surface area contributed by atoms with Crippen molar-refractivity contribution in [1.82, 2.24) is 9.78 Å². The van der Waals surface area contributed by atoms with Crippen molar-refractivity contribution in [3.63, 3.8) is 0 Å². The molecule has 0 spiro atoms. The highest BCUT2D eigenvalue weighted by Gasteiger charge is 2.25. The number of hydrogen-bond donors (Lipinski definition) is 2. The molecule has 0 fully saturated rings. The molecule has 1 heterocycles. The van der Waals surface area contributed by atoms with E-state index in [0.29, 0.717) is 17.3 Å². The van der Waals surface area contributed by atoms with Gasteiger partial charge in [0, 0.05) is 12.3 Å². The highest BCUT2D eigenvalue weighted by atomic mass is 32.2. The van der Waals surface area contributed by atoms with E-state index in [-0.39, 0.29) is 18.0 Å². The van der Waals surface area contributed by atoms with Gasteiger partial charge in [0.05, 0.1) is 17.6 Å². The van der Waals surface area contributed by atoms with Crippen LogP contribution in [-0.2, 0) is 6.54 Å². The minimum Gasteiger partial charge on any atom is -0.394 e. The van der Waals surface area contributed by atoms with Gasteiger partial charge in [-0.15, -0.1) is 0 Å². The molecule has 0 saturated carbocycles. The highest BCUT2D eigenvalue weighted by molar-refractivity contribution is 7.99. The molecule has 1 aromatic heterocycles. The molecule has 0 radical (unpaired) electrons. The smallest absolute Gasteiger partial charge is 0.323 e. The number of nitro groups is 1. The standard InChI is InChI=1S/C10H17N3O4S/c1-3-4-12-10(18-6-8(15)5-14)9(13(16)17)7(2)11-12/h8,14-15H,3-6H2,1-2H3. The van der Waals surface area contributed by atoms with E-state index in [4.69, 9.17) is 5.11 Å². The molecule has 0 aliphatic heterocycles. The lowest BCUT2D eigenvalue weighted by molar-refractivity contribution is -0.388. The number of hydrogen-bond acceptors (Lipinski definition) is 6. The zero-order valence-electron chi connectivity index (χ0n) is 10.4. The predicted molar refractivity (Wildman–Crippen MR) is 67.7 cm³/mol. The van der Waals surface area contributed by atoms with E-state index in [9.17, 15) is 15.2 Å². The SMILES string of the molecule is CCCn1nc(C)c([N+](=O)[O-])c1SCC(O)CO. The fourth-order valence-electron chi connectivity index (χ4n) is 1.50. The first-order valence-electron chi connectivity index (χ1n) is 5.64. The normalized spacial score (nSPS) is 12.7. The molecule has 1 rings (SSSR count). The zero-order chi connectivity index (χ0) is 13.7. The van der Waals surface area contributed by atoms with Crippen LogP contribution in [0.1, 0.15) is 19.0 Å². The summed E-state index contributed by atoms with van der Waals surface area (Å²) >= 11 is 1.14. The van der Waals surface area contributed by atoms with Crippen LogP contribution >= 0.6 is 11.8 Å². The Kier molecular flexibility index (Phi) is 5.57.